The van der Waals surface area contributed by atoms with Crippen LogP contribution in [0, 0.1) is 0 Å². The first-order chi connectivity index (χ1) is 14.3. The standard InChI is InChI=1S/C20H21BrN8/c21-18-11-25-20(28-19(18)24-8-6-17-10-23-13-26-17)27-16-4-2-15(3-5-16)12-29-9-1-7-22-14-29/h1-5,7,9-11,13H,6,8,12,14H2,(H,23,26)(H2,24,25,27,28). The Bertz CT molecular complexity index is 982. The molecule has 3 aromatic rings. The molecule has 0 unspecified atom stereocenters. The molecule has 0 saturated heterocycles. The van der Waals surface area contributed by atoms with Gasteiger partial charge in [0.1, 0.15) is 12.5 Å². The highest BCUT2D eigenvalue weighted by atomic mass is 79.9. The van der Waals surface area contributed by atoms with Crippen LogP contribution in [-0.4, -0.2) is 44.3 Å². The fraction of sp³-hybridized carbons (Fsp3) is 0.200. The van der Waals surface area contributed by atoms with Gasteiger partial charge in [0, 0.05) is 55.7 Å². The van der Waals surface area contributed by atoms with Gasteiger partial charge in [-0.3, -0.25) is 4.99 Å². The van der Waals surface area contributed by atoms with Crippen molar-refractivity contribution in [1.82, 2.24) is 24.8 Å². The van der Waals surface area contributed by atoms with Gasteiger partial charge >= 0.3 is 0 Å². The predicted octanol–water partition coefficient (Wildman–Crippen LogP) is 3.72. The van der Waals surface area contributed by atoms with Crippen molar-refractivity contribution in [1.29, 1.82) is 0 Å². The molecule has 2 aromatic heterocycles. The minimum atomic E-state index is 0.540. The lowest BCUT2D eigenvalue weighted by atomic mass is 10.2. The maximum Gasteiger partial charge on any atom is 0.229 e. The highest BCUT2D eigenvalue weighted by Gasteiger charge is 2.07. The zero-order chi connectivity index (χ0) is 19.9. The molecule has 0 spiro atoms. The minimum Gasteiger partial charge on any atom is -0.369 e. The molecule has 1 aliphatic heterocycles. The Kier molecular flexibility index (Phi) is 6.16. The molecule has 29 heavy (non-hydrogen) atoms. The maximum atomic E-state index is 4.56. The number of hydrogen-bond donors (Lipinski definition) is 3. The van der Waals surface area contributed by atoms with E-state index in [4.69, 9.17) is 0 Å². The van der Waals surface area contributed by atoms with Gasteiger partial charge in [-0.05, 0) is 39.7 Å². The third kappa shape index (κ3) is 5.41. The number of rotatable bonds is 8. The lowest BCUT2D eigenvalue weighted by Crippen LogP contribution is -2.18. The number of anilines is 3. The van der Waals surface area contributed by atoms with Gasteiger partial charge in [-0.25, -0.2) is 9.97 Å². The van der Waals surface area contributed by atoms with E-state index in [9.17, 15) is 0 Å². The van der Waals surface area contributed by atoms with Crippen molar-refractivity contribution in [2.75, 3.05) is 23.8 Å². The van der Waals surface area contributed by atoms with E-state index in [1.807, 2.05) is 30.6 Å². The molecule has 3 N–H and O–H groups in total. The molecule has 0 saturated carbocycles. The summed E-state index contributed by atoms with van der Waals surface area (Å²) in [6.07, 6.45) is 11.9. The van der Waals surface area contributed by atoms with Gasteiger partial charge in [0.25, 0.3) is 0 Å². The number of nitrogens with zero attached hydrogens (tertiary/aromatic N) is 5. The van der Waals surface area contributed by atoms with Crippen LogP contribution in [0.2, 0.25) is 0 Å². The maximum absolute atomic E-state index is 4.56. The third-order valence-electron chi connectivity index (χ3n) is 4.33. The summed E-state index contributed by atoms with van der Waals surface area (Å²) in [6, 6.07) is 8.25. The van der Waals surface area contributed by atoms with Crippen molar-refractivity contribution >= 4 is 39.6 Å². The van der Waals surface area contributed by atoms with Crippen LogP contribution in [0.15, 0.2) is 64.7 Å². The van der Waals surface area contributed by atoms with Gasteiger partial charge < -0.3 is 20.5 Å². The molecule has 148 valence electrons. The van der Waals surface area contributed by atoms with Crippen LogP contribution < -0.4 is 10.6 Å². The third-order valence-corrected chi connectivity index (χ3v) is 4.91. The van der Waals surface area contributed by atoms with E-state index < -0.39 is 0 Å². The van der Waals surface area contributed by atoms with Gasteiger partial charge in [-0.15, -0.1) is 0 Å². The average Bonchev–Trinajstić information content (AvgIpc) is 3.26. The zero-order valence-corrected chi connectivity index (χ0v) is 17.3. The number of benzene rings is 1. The highest BCUT2D eigenvalue weighted by Crippen LogP contribution is 2.22. The second-order valence-corrected chi connectivity index (χ2v) is 7.38. The fourth-order valence-electron chi connectivity index (χ4n) is 2.87. The van der Waals surface area contributed by atoms with Crippen LogP contribution in [0.25, 0.3) is 0 Å². The second kappa shape index (κ2) is 9.33. The SMILES string of the molecule is Brc1cnc(Nc2ccc(CN3C=CC=NC3)cc2)nc1NCCc1cnc[nH]1. The Morgan fingerprint density at radius 2 is 2.07 bits per heavy atom. The van der Waals surface area contributed by atoms with E-state index in [0.29, 0.717) is 12.6 Å². The summed E-state index contributed by atoms with van der Waals surface area (Å²) in [4.78, 5) is 22.4. The largest absolute Gasteiger partial charge is 0.369 e. The monoisotopic (exact) mass is 452 g/mol. The number of aromatic nitrogens is 4. The molecule has 0 bridgehead atoms. The molecule has 0 amide bonds. The number of allylic oxidation sites excluding steroid dienone is 1. The smallest absolute Gasteiger partial charge is 0.229 e. The Morgan fingerprint density at radius 3 is 2.83 bits per heavy atom. The molecule has 4 rings (SSSR count). The fourth-order valence-corrected chi connectivity index (χ4v) is 3.20. The van der Waals surface area contributed by atoms with Crippen molar-refractivity contribution in [3.8, 4) is 0 Å². The lowest BCUT2D eigenvalue weighted by molar-refractivity contribution is 0.379. The van der Waals surface area contributed by atoms with Crippen molar-refractivity contribution in [3.05, 3.63) is 71.0 Å². The van der Waals surface area contributed by atoms with Crippen molar-refractivity contribution < 1.29 is 0 Å². The van der Waals surface area contributed by atoms with Gasteiger partial charge in [-0.2, -0.15) is 4.98 Å². The van der Waals surface area contributed by atoms with E-state index >= 15 is 0 Å². The van der Waals surface area contributed by atoms with Gasteiger partial charge in [-0.1, -0.05) is 12.1 Å². The molecule has 1 aromatic carbocycles. The van der Waals surface area contributed by atoms with Crippen LogP contribution in [-0.2, 0) is 13.0 Å². The van der Waals surface area contributed by atoms with Gasteiger partial charge in [0.2, 0.25) is 5.95 Å². The molecule has 3 heterocycles. The van der Waals surface area contributed by atoms with E-state index in [-0.39, 0.29) is 0 Å². The summed E-state index contributed by atoms with van der Waals surface area (Å²) in [7, 11) is 0. The lowest BCUT2D eigenvalue weighted by Gasteiger charge is -2.19. The molecule has 0 fully saturated rings. The molecular formula is C20H21BrN8. The number of aromatic amines is 1. The first-order valence-corrected chi connectivity index (χ1v) is 10.1. The molecule has 0 aliphatic carbocycles. The average molecular weight is 453 g/mol. The summed E-state index contributed by atoms with van der Waals surface area (Å²) in [5.74, 6) is 1.29. The van der Waals surface area contributed by atoms with E-state index in [1.165, 1.54) is 5.56 Å². The van der Waals surface area contributed by atoms with Crippen molar-refractivity contribution in [2.24, 2.45) is 4.99 Å². The summed E-state index contributed by atoms with van der Waals surface area (Å²) in [6.45, 7) is 2.26. The van der Waals surface area contributed by atoms with Crippen LogP contribution in [0.3, 0.4) is 0 Å². The van der Waals surface area contributed by atoms with Crippen LogP contribution in [0.4, 0.5) is 17.5 Å². The Labute approximate surface area is 177 Å². The topological polar surface area (TPSA) is 94.1 Å². The number of aliphatic imine (C=N–C) groups is 1. The zero-order valence-electron chi connectivity index (χ0n) is 15.7. The summed E-state index contributed by atoms with van der Waals surface area (Å²) >= 11 is 3.50. The summed E-state index contributed by atoms with van der Waals surface area (Å²) < 4.78 is 0.820. The van der Waals surface area contributed by atoms with E-state index in [1.54, 1.807) is 12.5 Å². The minimum absolute atomic E-state index is 0.540. The number of H-pyrrole nitrogens is 1. The van der Waals surface area contributed by atoms with E-state index in [0.717, 1.165) is 41.2 Å². The molecular weight excluding hydrogens is 432 g/mol. The quantitative estimate of drug-likeness (QED) is 0.482. The Balaban J connectivity index is 1.34. The molecule has 0 atom stereocenters. The highest BCUT2D eigenvalue weighted by molar-refractivity contribution is 9.10. The van der Waals surface area contributed by atoms with Crippen LogP contribution in [0.5, 0.6) is 0 Å². The second-order valence-electron chi connectivity index (χ2n) is 6.53. The summed E-state index contributed by atoms with van der Waals surface area (Å²) in [5, 5.41) is 6.58. The number of hydrogen-bond acceptors (Lipinski definition) is 7. The van der Waals surface area contributed by atoms with Crippen molar-refractivity contribution in [3.63, 3.8) is 0 Å². The number of imidazole rings is 1. The first kappa shape index (κ1) is 19.1. The number of halogens is 1. The normalized spacial score (nSPS) is 12.9. The van der Waals surface area contributed by atoms with Gasteiger partial charge in [0.15, 0.2) is 0 Å². The van der Waals surface area contributed by atoms with E-state index in [2.05, 4.69) is 74.7 Å². The van der Waals surface area contributed by atoms with Crippen LogP contribution in [0.1, 0.15) is 11.3 Å². The molecule has 0 radical (unpaired) electrons. The Morgan fingerprint density at radius 1 is 1.17 bits per heavy atom. The molecule has 1 aliphatic rings. The number of nitrogens with one attached hydrogen (secondary N) is 3. The molecule has 8 nitrogen and oxygen atoms in total. The summed E-state index contributed by atoms with van der Waals surface area (Å²) in [5.41, 5.74) is 3.23. The first-order valence-electron chi connectivity index (χ1n) is 9.26. The van der Waals surface area contributed by atoms with Gasteiger partial charge in [0.05, 0.1) is 10.8 Å². The predicted molar refractivity (Wildman–Crippen MR) is 118 cm³/mol. The molecule has 9 heteroatoms. The van der Waals surface area contributed by atoms with Crippen LogP contribution >= 0.6 is 15.9 Å². The van der Waals surface area contributed by atoms with Crippen molar-refractivity contribution in [2.45, 2.75) is 13.0 Å². The Hall–Kier alpha value is -3.20.